The van der Waals surface area contributed by atoms with Gasteiger partial charge in [0.1, 0.15) is 12.7 Å². The molecule has 4 bridgehead atoms. The summed E-state index contributed by atoms with van der Waals surface area (Å²) in [5.41, 5.74) is 0.951. The molecule has 1 aromatic rings. The second-order valence-corrected chi connectivity index (χ2v) is 7.19. The molecule has 22 heavy (non-hydrogen) atoms. The summed E-state index contributed by atoms with van der Waals surface area (Å²) in [5.74, 6) is -0.125. The number of hydrogen-bond donors (Lipinski definition) is 0. The first kappa shape index (κ1) is 14.1. The molecule has 1 aliphatic carbocycles. The highest BCUT2D eigenvalue weighted by Crippen LogP contribution is 2.48. The Balaban J connectivity index is 1.47. The number of hydrogen-bond acceptors (Lipinski definition) is 4. The highest BCUT2D eigenvalue weighted by molar-refractivity contribution is 9.09. The third-order valence-electron chi connectivity index (χ3n) is 4.86. The van der Waals surface area contributed by atoms with Crippen LogP contribution in [-0.4, -0.2) is 40.5 Å². The van der Waals surface area contributed by atoms with Gasteiger partial charge in [-0.3, -0.25) is 4.79 Å². The summed E-state index contributed by atoms with van der Waals surface area (Å²) in [5, 5.41) is 0. The molecule has 0 unspecified atom stereocenters. The van der Waals surface area contributed by atoms with Crippen LogP contribution in [0.3, 0.4) is 0 Å². The van der Waals surface area contributed by atoms with Crippen LogP contribution in [0, 0.1) is 11.8 Å². The lowest BCUT2D eigenvalue weighted by atomic mass is 9.73. The molecule has 5 rings (SSSR count). The zero-order valence-electron chi connectivity index (χ0n) is 11.9. The zero-order chi connectivity index (χ0) is 15.3. The molecule has 4 aliphatic rings. The van der Waals surface area contributed by atoms with E-state index in [2.05, 4.69) is 15.9 Å². The van der Waals surface area contributed by atoms with E-state index >= 15 is 0 Å². The third-order valence-corrected chi connectivity index (χ3v) is 6.12. The van der Waals surface area contributed by atoms with Crippen molar-refractivity contribution in [2.75, 3.05) is 6.54 Å². The minimum atomic E-state index is -0.355. The molecule has 3 heterocycles. The van der Waals surface area contributed by atoms with E-state index in [1.54, 1.807) is 4.90 Å². The maximum atomic E-state index is 12.4. The van der Waals surface area contributed by atoms with Gasteiger partial charge in [0.15, 0.2) is 0 Å². The van der Waals surface area contributed by atoms with Gasteiger partial charge in [-0.15, -0.1) is 0 Å². The van der Waals surface area contributed by atoms with Crippen molar-refractivity contribution in [2.24, 2.45) is 11.8 Å². The van der Waals surface area contributed by atoms with Crippen molar-refractivity contribution in [3.05, 3.63) is 35.9 Å². The maximum Gasteiger partial charge on any atom is 0.410 e. The van der Waals surface area contributed by atoms with Gasteiger partial charge < -0.3 is 14.4 Å². The van der Waals surface area contributed by atoms with Crippen LogP contribution in [0.15, 0.2) is 30.3 Å². The van der Waals surface area contributed by atoms with Gasteiger partial charge in [0.2, 0.25) is 0 Å². The zero-order valence-corrected chi connectivity index (χ0v) is 13.4. The number of rotatable bonds is 2. The van der Waals surface area contributed by atoms with Crippen LogP contribution in [0.1, 0.15) is 12.0 Å². The van der Waals surface area contributed by atoms with E-state index in [1.807, 2.05) is 30.3 Å². The number of amides is 1. The monoisotopic (exact) mass is 365 g/mol. The minimum absolute atomic E-state index is 0.137. The summed E-state index contributed by atoms with van der Waals surface area (Å²) in [7, 11) is 0. The highest BCUT2D eigenvalue weighted by atomic mass is 79.9. The molecule has 3 aliphatic heterocycles. The van der Waals surface area contributed by atoms with Crippen molar-refractivity contribution in [3.63, 3.8) is 0 Å². The standard InChI is InChI=1S/C16H16BrNO4/c17-12-10-6-11-13(14(12)22-15(11)19)18(7-10)16(20)21-8-9-4-2-1-3-5-9/h1-5,10-14H,6-8H2/t10-,11+,12+,13+,14-/m1/s1. The Bertz CT molecular complexity index is 607. The van der Waals surface area contributed by atoms with E-state index < -0.39 is 0 Å². The van der Waals surface area contributed by atoms with Crippen molar-refractivity contribution in [3.8, 4) is 0 Å². The summed E-state index contributed by atoms with van der Waals surface area (Å²) in [6, 6.07) is 9.39. The molecule has 1 saturated carbocycles. The topological polar surface area (TPSA) is 55.8 Å². The largest absolute Gasteiger partial charge is 0.459 e. The summed E-state index contributed by atoms with van der Waals surface area (Å²) >= 11 is 3.62. The molecule has 1 amide bonds. The van der Waals surface area contributed by atoms with Gasteiger partial charge in [-0.25, -0.2) is 4.79 Å². The lowest BCUT2D eigenvalue weighted by Crippen LogP contribution is -2.63. The number of alkyl halides is 1. The molecule has 5 nitrogen and oxygen atoms in total. The molecule has 5 atom stereocenters. The van der Waals surface area contributed by atoms with E-state index in [-0.39, 0.29) is 47.5 Å². The van der Waals surface area contributed by atoms with Crippen LogP contribution < -0.4 is 0 Å². The first-order chi connectivity index (χ1) is 10.6. The number of fused-ring (bicyclic) bond motifs is 1. The maximum absolute atomic E-state index is 12.4. The SMILES string of the molecule is O=C1O[C@@H]2[C@@H](Br)[C@@H]3C[C@H]1[C@@H]2N(C(=O)OCc1ccccc1)C3. The number of halogens is 1. The van der Waals surface area contributed by atoms with Gasteiger partial charge >= 0.3 is 12.1 Å². The van der Waals surface area contributed by atoms with E-state index in [0.29, 0.717) is 6.54 Å². The van der Waals surface area contributed by atoms with Crippen molar-refractivity contribution >= 4 is 28.0 Å². The number of nitrogens with zero attached hydrogens (tertiary/aromatic N) is 1. The highest BCUT2D eigenvalue weighted by Gasteiger charge is 2.62. The van der Waals surface area contributed by atoms with Crippen LogP contribution in [0.25, 0.3) is 0 Å². The van der Waals surface area contributed by atoms with Crippen LogP contribution >= 0.6 is 15.9 Å². The number of carbonyl (C=O) groups is 2. The predicted molar refractivity (Wildman–Crippen MR) is 81.3 cm³/mol. The molecule has 4 fully saturated rings. The fourth-order valence-corrected chi connectivity index (χ4v) is 4.62. The quantitative estimate of drug-likeness (QED) is 0.596. The van der Waals surface area contributed by atoms with Gasteiger partial charge in [0, 0.05) is 6.54 Å². The van der Waals surface area contributed by atoms with Gasteiger partial charge in [0.25, 0.3) is 0 Å². The summed E-state index contributed by atoms with van der Waals surface area (Å²) in [6.07, 6.45) is 0.193. The molecular formula is C16H16BrNO4. The van der Waals surface area contributed by atoms with Gasteiger partial charge in [0.05, 0.1) is 16.8 Å². The summed E-state index contributed by atoms with van der Waals surface area (Å²) < 4.78 is 10.9. The second-order valence-electron chi connectivity index (χ2n) is 6.13. The number of esters is 1. The molecule has 3 saturated heterocycles. The second kappa shape index (κ2) is 5.26. The molecule has 0 aromatic heterocycles. The molecule has 0 N–H and O–H groups in total. The molecular weight excluding hydrogens is 350 g/mol. The van der Waals surface area contributed by atoms with Crippen LogP contribution in [0.2, 0.25) is 0 Å². The lowest BCUT2D eigenvalue weighted by molar-refractivity contribution is -0.143. The van der Waals surface area contributed by atoms with E-state index in [0.717, 1.165) is 12.0 Å². The summed E-state index contributed by atoms with van der Waals surface area (Å²) in [6.45, 7) is 0.868. The van der Waals surface area contributed by atoms with Crippen molar-refractivity contribution in [1.29, 1.82) is 0 Å². The first-order valence-electron chi connectivity index (χ1n) is 7.47. The Hall–Kier alpha value is -1.56. The smallest absolute Gasteiger partial charge is 0.410 e. The van der Waals surface area contributed by atoms with Gasteiger partial charge in [-0.05, 0) is 17.9 Å². The predicted octanol–water partition coefficient (Wildman–Crippen LogP) is 2.33. The van der Waals surface area contributed by atoms with E-state index in [4.69, 9.17) is 9.47 Å². The molecule has 0 radical (unpaired) electrons. The Morgan fingerprint density at radius 3 is 2.91 bits per heavy atom. The lowest BCUT2D eigenvalue weighted by Gasteiger charge is -2.48. The molecule has 6 heteroatoms. The Morgan fingerprint density at radius 2 is 2.14 bits per heavy atom. The van der Waals surface area contributed by atoms with Crippen LogP contribution in [0.5, 0.6) is 0 Å². The Morgan fingerprint density at radius 1 is 1.36 bits per heavy atom. The van der Waals surface area contributed by atoms with Gasteiger partial charge in [-0.1, -0.05) is 46.3 Å². The number of ether oxygens (including phenoxy) is 2. The Kier molecular flexibility index (Phi) is 3.36. The molecule has 0 spiro atoms. The average molecular weight is 366 g/mol. The molecule has 116 valence electrons. The van der Waals surface area contributed by atoms with Crippen LogP contribution in [-0.2, 0) is 20.9 Å². The summed E-state index contributed by atoms with van der Waals surface area (Å²) in [4.78, 5) is 26.2. The molecule has 1 aromatic carbocycles. The normalized spacial score (nSPS) is 35.4. The van der Waals surface area contributed by atoms with Crippen molar-refractivity contribution in [1.82, 2.24) is 4.90 Å². The third kappa shape index (κ3) is 2.12. The van der Waals surface area contributed by atoms with Crippen LogP contribution in [0.4, 0.5) is 4.79 Å². The number of benzene rings is 1. The van der Waals surface area contributed by atoms with E-state index in [9.17, 15) is 9.59 Å². The first-order valence-corrected chi connectivity index (χ1v) is 8.38. The van der Waals surface area contributed by atoms with E-state index in [1.165, 1.54) is 0 Å². The number of carbonyl (C=O) groups excluding carboxylic acids is 2. The fourth-order valence-electron chi connectivity index (χ4n) is 3.82. The average Bonchev–Trinajstić information content (AvgIpc) is 2.84. The number of piperidine rings is 2. The fraction of sp³-hybridized carbons (Fsp3) is 0.500. The van der Waals surface area contributed by atoms with Crippen molar-refractivity contribution in [2.45, 2.75) is 30.0 Å². The minimum Gasteiger partial charge on any atom is -0.459 e. The van der Waals surface area contributed by atoms with Crippen molar-refractivity contribution < 1.29 is 19.1 Å². The van der Waals surface area contributed by atoms with Gasteiger partial charge in [-0.2, -0.15) is 0 Å². The Labute approximate surface area is 136 Å².